The lowest BCUT2D eigenvalue weighted by Gasteiger charge is -2.42. The van der Waals surface area contributed by atoms with E-state index in [0.29, 0.717) is 25.8 Å². The van der Waals surface area contributed by atoms with Gasteiger partial charge in [0, 0.05) is 49.0 Å². The van der Waals surface area contributed by atoms with Gasteiger partial charge in [-0.1, -0.05) is 18.2 Å². The summed E-state index contributed by atoms with van der Waals surface area (Å²) in [5.41, 5.74) is 6.85. The summed E-state index contributed by atoms with van der Waals surface area (Å²) in [7, 11) is 0. The van der Waals surface area contributed by atoms with Crippen molar-refractivity contribution in [3.05, 3.63) is 66.1 Å². The van der Waals surface area contributed by atoms with Crippen LogP contribution in [0.2, 0.25) is 0 Å². The number of nitrogens with two attached hydrogens (primary N) is 1. The SMILES string of the molecule is CCOC(=O)C1(Cc2ccncc2)CCCN(C(=O)[C@@H](Cc2c[nH]c3ccccc23)NC(=O)C(C)(C)N)C1. The molecule has 1 aliphatic heterocycles. The first-order valence-electron chi connectivity index (χ1n) is 13.1. The Balaban J connectivity index is 1.63. The number of pyridine rings is 1. The summed E-state index contributed by atoms with van der Waals surface area (Å²) >= 11 is 0. The smallest absolute Gasteiger partial charge is 0.314 e. The van der Waals surface area contributed by atoms with Crippen molar-refractivity contribution in [2.24, 2.45) is 11.1 Å². The van der Waals surface area contributed by atoms with E-state index < -0.39 is 22.9 Å². The first-order valence-corrected chi connectivity index (χ1v) is 13.1. The van der Waals surface area contributed by atoms with Crippen molar-refractivity contribution in [2.75, 3.05) is 19.7 Å². The highest BCUT2D eigenvalue weighted by molar-refractivity contribution is 5.93. The van der Waals surface area contributed by atoms with Crippen LogP contribution in [0.3, 0.4) is 0 Å². The van der Waals surface area contributed by atoms with Crippen LogP contribution >= 0.6 is 0 Å². The summed E-state index contributed by atoms with van der Waals surface area (Å²) in [4.78, 5) is 49.3. The number of likely N-dealkylation sites (tertiary alicyclic amines) is 1. The summed E-state index contributed by atoms with van der Waals surface area (Å²) in [6.07, 6.45) is 7.24. The molecule has 9 heteroatoms. The second kappa shape index (κ2) is 11.3. The number of aromatic amines is 1. The number of esters is 1. The van der Waals surface area contributed by atoms with E-state index in [9.17, 15) is 14.4 Å². The summed E-state index contributed by atoms with van der Waals surface area (Å²) in [6, 6.07) is 10.7. The molecule has 1 fully saturated rings. The Labute approximate surface area is 223 Å². The number of nitrogens with zero attached hydrogens (tertiary/aromatic N) is 2. The third kappa shape index (κ3) is 6.05. The van der Waals surface area contributed by atoms with Gasteiger partial charge in [-0.15, -0.1) is 0 Å². The Kier molecular flexibility index (Phi) is 8.16. The number of carbonyl (C=O) groups is 3. The molecule has 2 amide bonds. The molecule has 1 aliphatic rings. The zero-order valence-electron chi connectivity index (χ0n) is 22.3. The maximum absolute atomic E-state index is 14.0. The summed E-state index contributed by atoms with van der Waals surface area (Å²) in [6.45, 7) is 5.95. The fourth-order valence-electron chi connectivity index (χ4n) is 5.16. The van der Waals surface area contributed by atoms with E-state index in [1.807, 2.05) is 42.6 Å². The van der Waals surface area contributed by atoms with Gasteiger partial charge < -0.3 is 25.7 Å². The molecule has 2 atom stereocenters. The molecule has 1 aromatic carbocycles. The number of hydrogen-bond donors (Lipinski definition) is 3. The average molecular weight is 520 g/mol. The van der Waals surface area contributed by atoms with Crippen molar-refractivity contribution in [1.29, 1.82) is 0 Å². The quantitative estimate of drug-likeness (QED) is 0.373. The van der Waals surface area contributed by atoms with Crippen LogP contribution in [-0.4, -0.2) is 63.9 Å². The molecule has 202 valence electrons. The van der Waals surface area contributed by atoms with Crippen LogP contribution in [0.1, 0.15) is 44.7 Å². The van der Waals surface area contributed by atoms with E-state index in [1.165, 1.54) is 0 Å². The van der Waals surface area contributed by atoms with E-state index >= 15 is 0 Å². The fourth-order valence-corrected chi connectivity index (χ4v) is 5.16. The molecule has 1 saturated heterocycles. The number of nitrogens with one attached hydrogen (secondary N) is 2. The van der Waals surface area contributed by atoms with Crippen molar-refractivity contribution in [1.82, 2.24) is 20.2 Å². The molecule has 38 heavy (non-hydrogen) atoms. The van der Waals surface area contributed by atoms with Gasteiger partial charge in [0.1, 0.15) is 6.04 Å². The number of piperidine rings is 1. The largest absolute Gasteiger partial charge is 0.466 e. The highest BCUT2D eigenvalue weighted by Gasteiger charge is 2.46. The number of aromatic nitrogens is 2. The minimum absolute atomic E-state index is 0.208. The van der Waals surface area contributed by atoms with Gasteiger partial charge in [0.2, 0.25) is 11.8 Å². The first-order chi connectivity index (χ1) is 18.1. The fraction of sp³-hybridized carbons (Fsp3) is 0.448. The second-order valence-electron chi connectivity index (χ2n) is 10.7. The average Bonchev–Trinajstić information content (AvgIpc) is 3.31. The van der Waals surface area contributed by atoms with Gasteiger partial charge in [-0.3, -0.25) is 19.4 Å². The molecule has 3 aromatic rings. The highest BCUT2D eigenvalue weighted by atomic mass is 16.5. The third-order valence-corrected chi connectivity index (χ3v) is 7.18. The monoisotopic (exact) mass is 519 g/mol. The molecule has 4 rings (SSSR count). The van der Waals surface area contributed by atoms with E-state index in [2.05, 4.69) is 15.3 Å². The molecule has 0 radical (unpaired) electrons. The number of H-pyrrole nitrogens is 1. The summed E-state index contributed by atoms with van der Waals surface area (Å²) in [5, 5.41) is 3.88. The maximum atomic E-state index is 14.0. The van der Waals surface area contributed by atoms with Crippen LogP contribution < -0.4 is 11.1 Å². The predicted molar refractivity (Wildman–Crippen MR) is 145 cm³/mol. The molecular weight excluding hydrogens is 482 g/mol. The molecule has 0 aliphatic carbocycles. The van der Waals surface area contributed by atoms with Gasteiger partial charge in [-0.05, 0) is 69.4 Å². The van der Waals surface area contributed by atoms with E-state index in [0.717, 1.165) is 22.0 Å². The van der Waals surface area contributed by atoms with Crippen LogP contribution in [0.5, 0.6) is 0 Å². The van der Waals surface area contributed by atoms with Gasteiger partial charge in [0.05, 0.1) is 17.6 Å². The third-order valence-electron chi connectivity index (χ3n) is 7.18. The summed E-state index contributed by atoms with van der Waals surface area (Å²) in [5.74, 6) is -0.966. The van der Waals surface area contributed by atoms with Crippen LogP contribution in [-0.2, 0) is 32.0 Å². The van der Waals surface area contributed by atoms with Gasteiger partial charge in [-0.2, -0.15) is 0 Å². The number of ether oxygens (including phenoxy) is 1. The van der Waals surface area contributed by atoms with Crippen LogP contribution in [0, 0.1) is 5.41 Å². The zero-order chi connectivity index (χ0) is 27.3. The lowest BCUT2D eigenvalue weighted by Crippen LogP contribution is -2.59. The molecule has 0 spiro atoms. The van der Waals surface area contributed by atoms with Gasteiger partial charge in [0.15, 0.2) is 0 Å². The maximum Gasteiger partial charge on any atom is 0.314 e. The molecule has 9 nitrogen and oxygen atoms in total. The van der Waals surface area contributed by atoms with Gasteiger partial charge in [0.25, 0.3) is 0 Å². The molecule has 1 unspecified atom stereocenters. The van der Waals surface area contributed by atoms with Crippen molar-refractivity contribution in [3.8, 4) is 0 Å². The van der Waals surface area contributed by atoms with Gasteiger partial charge in [-0.25, -0.2) is 0 Å². The minimum atomic E-state index is -1.16. The number of amides is 2. The molecule has 2 aromatic heterocycles. The Morgan fingerprint density at radius 2 is 1.95 bits per heavy atom. The Morgan fingerprint density at radius 1 is 1.21 bits per heavy atom. The van der Waals surface area contributed by atoms with Gasteiger partial charge >= 0.3 is 5.97 Å². The summed E-state index contributed by atoms with van der Waals surface area (Å²) < 4.78 is 5.51. The van der Waals surface area contributed by atoms with Crippen molar-refractivity contribution in [3.63, 3.8) is 0 Å². The first kappa shape index (κ1) is 27.3. The lowest BCUT2D eigenvalue weighted by atomic mass is 9.75. The molecule has 3 heterocycles. The highest BCUT2D eigenvalue weighted by Crippen LogP contribution is 2.36. The number of fused-ring (bicyclic) bond motifs is 1. The van der Waals surface area contributed by atoms with Crippen molar-refractivity contribution in [2.45, 2.75) is 58.0 Å². The zero-order valence-corrected chi connectivity index (χ0v) is 22.3. The standard InChI is InChI=1S/C29H37N5O4/c1-4-38-27(37)29(17-20-10-13-31-14-11-20)12-7-15-34(19-29)25(35)24(33-26(36)28(2,3)30)16-21-18-32-23-9-6-5-8-22(21)23/h5-6,8-11,13-14,18,24,32H,4,7,12,15-17,19,30H2,1-3H3,(H,33,36)/t24-,29?/m1/s1. The van der Waals surface area contributed by atoms with E-state index in [-0.39, 0.29) is 31.4 Å². The second-order valence-corrected chi connectivity index (χ2v) is 10.7. The van der Waals surface area contributed by atoms with Crippen LogP contribution in [0.4, 0.5) is 0 Å². The topological polar surface area (TPSA) is 130 Å². The van der Waals surface area contributed by atoms with Crippen LogP contribution in [0.15, 0.2) is 55.0 Å². The number of benzene rings is 1. The Morgan fingerprint density at radius 3 is 2.66 bits per heavy atom. The minimum Gasteiger partial charge on any atom is -0.466 e. The van der Waals surface area contributed by atoms with Crippen molar-refractivity contribution < 1.29 is 19.1 Å². The Hall–Kier alpha value is -3.72. The Bertz CT molecular complexity index is 1280. The van der Waals surface area contributed by atoms with Crippen molar-refractivity contribution >= 4 is 28.7 Å². The van der Waals surface area contributed by atoms with E-state index in [4.69, 9.17) is 10.5 Å². The number of hydrogen-bond acceptors (Lipinski definition) is 6. The van der Waals surface area contributed by atoms with Crippen LogP contribution in [0.25, 0.3) is 10.9 Å². The number of para-hydroxylation sites is 1. The molecule has 0 saturated carbocycles. The molecule has 0 bridgehead atoms. The van der Waals surface area contributed by atoms with E-state index in [1.54, 1.807) is 38.1 Å². The predicted octanol–water partition coefficient (Wildman–Crippen LogP) is 2.74. The molecule has 4 N–H and O–H groups in total. The molecular formula is C29H37N5O4. The number of rotatable bonds is 9. The number of carbonyl (C=O) groups excluding carboxylic acids is 3. The lowest BCUT2D eigenvalue weighted by molar-refractivity contribution is -0.161. The normalized spacial score (nSPS) is 18.7.